The minimum absolute atomic E-state index is 0.108. The number of nitrogens with one attached hydrogen (secondary N) is 3. The Morgan fingerprint density at radius 2 is 2.04 bits per heavy atom. The number of hydrogen-bond donors (Lipinski definition) is 3. The Bertz CT molecular complexity index is 857. The van der Waals surface area contributed by atoms with Crippen molar-refractivity contribution in [3.8, 4) is 0 Å². The van der Waals surface area contributed by atoms with E-state index >= 15 is 0 Å². The van der Waals surface area contributed by atoms with E-state index in [0.29, 0.717) is 13.1 Å². The Kier molecular flexibility index (Phi) is 5.87. The van der Waals surface area contributed by atoms with E-state index in [1.54, 1.807) is 0 Å². The fourth-order valence-corrected chi connectivity index (χ4v) is 3.10. The Morgan fingerprint density at radius 1 is 1.23 bits per heavy atom. The molecule has 4 heteroatoms. The lowest BCUT2D eigenvalue weighted by atomic mass is 10.0. The number of hydrogen-bond acceptors (Lipinski definition) is 3. The van der Waals surface area contributed by atoms with E-state index in [1.807, 2.05) is 43.3 Å². The molecule has 26 heavy (non-hydrogen) atoms. The summed E-state index contributed by atoms with van der Waals surface area (Å²) in [6.07, 6.45) is 11.3. The van der Waals surface area contributed by atoms with Gasteiger partial charge in [-0.1, -0.05) is 55.5 Å². The second-order valence-electron chi connectivity index (χ2n) is 6.20. The van der Waals surface area contributed by atoms with Crippen LogP contribution in [-0.4, -0.2) is 17.3 Å². The van der Waals surface area contributed by atoms with E-state index in [9.17, 15) is 4.79 Å². The second-order valence-corrected chi connectivity index (χ2v) is 6.20. The summed E-state index contributed by atoms with van der Waals surface area (Å²) < 4.78 is 0. The first-order valence-electron chi connectivity index (χ1n) is 9.05. The molecule has 0 radical (unpaired) electrons. The van der Waals surface area contributed by atoms with Crippen molar-refractivity contribution in [2.24, 2.45) is 0 Å². The lowest BCUT2D eigenvalue weighted by molar-refractivity contribution is 0.0983. The molecule has 0 amide bonds. The number of aromatic amines is 1. The maximum absolute atomic E-state index is 12.6. The Labute approximate surface area is 154 Å². The van der Waals surface area contributed by atoms with E-state index in [-0.39, 0.29) is 5.78 Å². The zero-order valence-corrected chi connectivity index (χ0v) is 15.3. The van der Waals surface area contributed by atoms with Gasteiger partial charge < -0.3 is 15.6 Å². The fraction of sp³-hybridized carbons (Fsp3) is 0.227. The van der Waals surface area contributed by atoms with E-state index in [1.165, 1.54) is 0 Å². The summed E-state index contributed by atoms with van der Waals surface area (Å²) in [6, 6.07) is 9.96. The predicted molar refractivity (Wildman–Crippen MR) is 109 cm³/mol. The van der Waals surface area contributed by atoms with Gasteiger partial charge in [-0.3, -0.25) is 4.79 Å². The van der Waals surface area contributed by atoms with Crippen LogP contribution in [0.15, 0.2) is 60.7 Å². The van der Waals surface area contributed by atoms with E-state index in [0.717, 1.165) is 40.3 Å². The molecular weight excluding hydrogens is 322 g/mol. The molecule has 1 aromatic carbocycles. The number of allylic oxidation sites excluding steroid dienone is 6. The van der Waals surface area contributed by atoms with Crippen molar-refractivity contribution < 1.29 is 4.79 Å². The van der Waals surface area contributed by atoms with Gasteiger partial charge in [0.1, 0.15) is 0 Å². The van der Waals surface area contributed by atoms with Crippen LogP contribution in [0.4, 0.5) is 11.4 Å². The van der Waals surface area contributed by atoms with Crippen molar-refractivity contribution in [3.05, 3.63) is 77.7 Å². The first-order valence-corrected chi connectivity index (χ1v) is 9.05. The largest absolute Gasteiger partial charge is 0.355 e. The van der Waals surface area contributed by atoms with Crippen molar-refractivity contribution in [3.63, 3.8) is 0 Å². The highest BCUT2D eigenvalue weighted by Crippen LogP contribution is 2.35. The highest BCUT2D eigenvalue weighted by atomic mass is 16.1. The molecule has 3 rings (SSSR count). The van der Waals surface area contributed by atoms with Crippen molar-refractivity contribution in [2.45, 2.75) is 26.8 Å². The number of aromatic nitrogens is 1. The average molecular weight is 347 g/mol. The Morgan fingerprint density at radius 3 is 2.77 bits per heavy atom. The van der Waals surface area contributed by atoms with Crippen molar-refractivity contribution in [1.82, 2.24) is 10.3 Å². The molecule has 0 saturated heterocycles. The van der Waals surface area contributed by atoms with Crippen LogP contribution >= 0.6 is 0 Å². The summed E-state index contributed by atoms with van der Waals surface area (Å²) in [7, 11) is 0. The predicted octanol–water partition coefficient (Wildman–Crippen LogP) is 4.97. The number of fused-ring (bicyclic) bond motifs is 1. The second kappa shape index (κ2) is 8.50. The number of para-hydroxylation sites is 1. The number of ketones is 1. The third-order valence-corrected chi connectivity index (χ3v) is 4.27. The Hall–Kier alpha value is -2.85. The molecule has 0 fully saturated rings. The summed E-state index contributed by atoms with van der Waals surface area (Å²) in [5.74, 6) is 0.108. The van der Waals surface area contributed by atoms with E-state index < -0.39 is 0 Å². The van der Waals surface area contributed by atoms with E-state index in [4.69, 9.17) is 0 Å². The normalized spacial score (nSPS) is 15.0. The minimum Gasteiger partial charge on any atom is -0.355 e. The summed E-state index contributed by atoms with van der Waals surface area (Å²) in [5.41, 5.74) is 5.49. The van der Waals surface area contributed by atoms with Gasteiger partial charge in [-0.2, -0.15) is 0 Å². The highest BCUT2D eigenvalue weighted by molar-refractivity contribution is 6.07. The van der Waals surface area contributed by atoms with Crippen molar-refractivity contribution >= 4 is 22.7 Å². The van der Waals surface area contributed by atoms with Crippen LogP contribution in [-0.2, 0) is 6.54 Å². The molecule has 0 bridgehead atoms. The molecule has 0 atom stereocenters. The maximum Gasteiger partial charge on any atom is 0.180 e. The first kappa shape index (κ1) is 18.0. The highest BCUT2D eigenvalue weighted by Gasteiger charge is 2.26. The number of Topliss-reactive ketones (excluding diaryl/α,β-unsaturated/α-hetero) is 1. The van der Waals surface area contributed by atoms with Crippen LogP contribution in [0.2, 0.25) is 0 Å². The summed E-state index contributed by atoms with van der Waals surface area (Å²) in [5, 5.41) is 6.62. The molecule has 2 heterocycles. The zero-order chi connectivity index (χ0) is 18.4. The van der Waals surface area contributed by atoms with Crippen LogP contribution in [0, 0.1) is 0 Å². The molecular formula is C22H25N3O. The number of H-pyrrole nitrogens is 1. The number of benzene rings is 1. The van der Waals surface area contributed by atoms with Gasteiger partial charge in [0.2, 0.25) is 0 Å². The van der Waals surface area contributed by atoms with Gasteiger partial charge in [0.05, 0.1) is 23.5 Å². The van der Waals surface area contributed by atoms with Gasteiger partial charge >= 0.3 is 0 Å². The zero-order valence-electron chi connectivity index (χ0n) is 15.3. The first-order chi connectivity index (χ1) is 12.7. The molecule has 4 nitrogen and oxygen atoms in total. The summed E-state index contributed by atoms with van der Waals surface area (Å²) in [4.78, 5) is 16.0. The standard InChI is InChI=1S/C22H25N3O/c1-3-5-7-11-16(10-4-2)21-22(24-17-12-8-6-9-13-17)20-18(25-21)14-23-15-19(20)26/h4-13,23-25H,3,14-15H2,1-2H3/b7-5+,10-4-,16-11+. The molecule has 3 N–H and O–H groups in total. The smallest absolute Gasteiger partial charge is 0.180 e. The molecule has 1 aliphatic rings. The van der Waals surface area contributed by atoms with Gasteiger partial charge in [0.15, 0.2) is 5.78 Å². The molecule has 134 valence electrons. The molecule has 0 spiro atoms. The molecule has 0 unspecified atom stereocenters. The molecule has 1 aromatic heterocycles. The quantitative estimate of drug-likeness (QED) is 0.647. The lowest BCUT2D eigenvalue weighted by Crippen LogP contribution is -2.29. The Balaban J connectivity index is 2.12. The number of carbonyl (C=O) groups is 1. The SMILES string of the molecule is C\C=C/C(=C\C=C\CC)c1[nH]c2c(c1Nc1ccccc1)C(=O)CNC2. The summed E-state index contributed by atoms with van der Waals surface area (Å²) >= 11 is 0. The fourth-order valence-electron chi connectivity index (χ4n) is 3.10. The van der Waals surface area contributed by atoms with E-state index in [2.05, 4.69) is 46.8 Å². The van der Waals surface area contributed by atoms with Crippen LogP contribution < -0.4 is 10.6 Å². The van der Waals surface area contributed by atoms with Crippen LogP contribution in [0.1, 0.15) is 42.0 Å². The monoisotopic (exact) mass is 347 g/mol. The molecule has 2 aromatic rings. The number of rotatable bonds is 6. The van der Waals surface area contributed by atoms with Crippen molar-refractivity contribution in [1.29, 1.82) is 0 Å². The minimum atomic E-state index is 0.108. The van der Waals surface area contributed by atoms with Crippen LogP contribution in [0.5, 0.6) is 0 Å². The third-order valence-electron chi connectivity index (χ3n) is 4.27. The van der Waals surface area contributed by atoms with Gasteiger partial charge in [-0.15, -0.1) is 0 Å². The molecule has 1 aliphatic heterocycles. The maximum atomic E-state index is 12.6. The number of anilines is 2. The average Bonchev–Trinajstić information content (AvgIpc) is 3.02. The topological polar surface area (TPSA) is 56.9 Å². The van der Waals surface area contributed by atoms with Gasteiger partial charge in [0.25, 0.3) is 0 Å². The van der Waals surface area contributed by atoms with Crippen LogP contribution in [0.3, 0.4) is 0 Å². The van der Waals surface area contributed by atoms with Crippen molar-refractivity contribution in [2.75, 3.05) is 11.9 Å². The molecule has 0 aliphatic carbocycles. The van der Waals surface area contributed by atoms with Gasteiger partial charge in [0, 0.05) is 17.9 Å². The third kappa shape index (κ3) is 3.86. The lowest BCUT2D eigenvalue weighted by Gasteiger charge is -2.14. The summed E-state index contributed by atoms with van der Waals surface area (Å²) in [6.45, 7) is 5.14. The molecule has 0 saturated carbocycles. The van der Waals surface area contributed by atoms with Gasteiger partial charge in [-0.05, 0) is 31.1 Å². The van der Waals surface area contributed by atoms with Gasteiger partial charge in [-0.25, -0.2) is 0 Å². The number of carbonyl (C=O) groups excluding carboxylic acids is 1. The van der Waals surface area contributed by atoms with Crippen LogP contribution in [0.25, 0.3) is 5.57 Å².